The quantitative estimate of drug-likeness (QED) is 0.864. The minimum atomic E-state index is -4.32. The predicted octanol–water partition coefficient (Wildman–Crippen LogP) is 4.56. The summed E-state index contributed by atoms with van der Waals surface area (Å²) in [6.45, 7) is 2.25. The van der Waals surface area contributed by atoms with Crippen LogP contribution in [0.1, 0.15) is 16.7 Å². The van der Waals surface area contributed by atoms with E-state index in [1.165, 1.54) is 12.1 Å². The average molecular weight is 302 g/mol. The lowest BCUT2D eigenvalue weighted by Gasteiger charge is -2.12. The van der Waals surface area contributed by atoms with E-state index in [1.807, 2.05) is 25.1 Å². The van der Waals surface area contributed by atoms with Gasteiger partial charge in [-0.15, -0.1) is 12.4 Å². The summed E-state index contributed by atoms with van der Waals surface area (Å²) in [5, 5.41) is 0. The fraction of sp³-hybridized carbons (Fsp3) is 0.200. The highest BCUT2D eigenvalue weighted by molar-refractivity contribution is 5.85. The first-order valence-corrected chi connectivity index (χ1v) is 5.89. The van der Waals surface area contributed by atoms with Crippen molar-refractivity contribution in [2.24, 2.45) is 5.73 Å². The standard InChI is InChI=1S/C15H14F3N.ClH/c1-10-12(9-19)5-3-7-14(10)11-4-2-6-13(8-11)15(16,17)18;/h2-8H,9,19H2,1H3;1H. The summed E-state index contributed by atoms with van der Waals surface area (Å²) >= 11 is 0. The minimum Gasteiger partial charge on any atom is -0.326 e. The van der Waals surface area contributed by atoms with Crippen molar-refractivity contribution in [3.8, 4) is 11.1 Å². The van der Waals surface area contributed by atoms with Gasteiger partial charge in [0.15, 0.2) is 0 Å². The summed E-state index contributed by atoms with van der Waals surface area (Å²) in [5.74, 6) is 0. The third-order valence-electron chi connectivity index (χ3n) is 3.17. The van der Waals surface area contributed by atoms with Crippen molar-refractivity contribution in [1.29, 1.82) is 0 Å². The highest BCUT2D eigenvalue weighted by atomic mass is 35.5. The molecule has 2 aromatic carbocycles. The van der Waals surface area contributed by atoms with E-state index in [0.29, 0.717) is 12.1 Å². The van der Waals surface area contributed by atoms with E-state index in [0.717, 1.165) is 22.8 Å². The predicted molar refractivity (Wildman–Crippen MR) is 76.8 cm³/mol. The van der Waals surface area contributed by atoms with Crippen molar-refractivity contribution in [2.75, 3.05) is 0 Å². The Balaban J connectivity index is 0.00000200. The molecule has 2 aromatic rings. The summed E-state index contributed by atoms with van der Waals surface area (Å²) in [7, 11) is 0. The van der Waals surface area contributed by atoms with Gasteiger partial charge in [0, 0.05) is 6.54 Å². The molecule has 0 unspecified atom stereocenters. The number of nitrogens with two attached hydrogens (primary N) is 1. The Hall–Kier alpha value is -1.52. The second-order valence-corrected chi connectivity index (χ2v) is 4.37. The zero-order valence-electron chi connectivity index (χ0n) is 10.9. The molecule has 0 spiro atoms. The van der Waals surface area contributed by atoms with Crippen molar-refractivity contribution in [3.63, 3.8) is 0 Å². The maximum absolute atomic E-state index is 12.7. The Kier molecular flexibility index (Phi) is 5.20. The fourth-order valence-electron chi connectivity index (χ4n) is 2.08. The topological polar surface area (TPSA) is 26.0 Å². The zero-order chi connectivity index (χ0) is 14.0. The molecule has 0 aliphatic carbocycles. The molecule has 0 atom stereocenters. The van der Waals surface area contributed by atoms with Gasteiger partial charge in [-0.25, -0.2) is 0 Å². The van der Waals surface area contributed by atoms with Crippen molar-refractivity contribution in [1.82, 2.24) is 0 Å². The van der Waals surface area contributed by atoms with Gasteiger partial charge in [0.2, 0.25) is 0 Å². The molecule has 0 radical (unpaired) electrons. The molecule has 0 aromatic heterocycles. The van der Waals surface area contributed by atoms with Crippen LogP contribution in [0.5, 0.6) is 0 Å². The molecule has 0 aliphatic heterocycles. The van der Waals surface area contributed by atoms with Crippen LogP contribution in [0, 0.1) is 6.92 Å². The van der Waals surface area contributed by atoms with Crippen LogP contribution in [-0.4, -0.2) is 0 Å². The number of benzene rings is 2. The van der Waals surface area contributed by atoms with E-state index in [-0.39, 0.29) is 12.4 Å². The number of hydrogen-bond donors (Lipinski definition) is 1. The van der Waals surface area contributed by atoms with Gasteiger partial charge in [-0.1, -0.05) is 30.3 Å². The van der Waals surface area contributed by atoms with E-state index < -0.39 is 11.7 Å². The van der Waals surface area contributed by atoms with Gasteiger partial charge in [0.1, 0.15) is 0 Å². The highest BCUT2D eigenvalue weighted by Gasteiger charge is 2.30. The van der Waals surface area contributed by atoms with Crippen LogP contribution >= 0.6 is 12.4 Å². The number of rotatable bonds is 2. The van der Waals surface area contributed by atoms with Crippen LogP contribution < -0.4 is 5.73 Å². The lowest BCUT2D eigenvalue weighted by molar-refractivity contribution is -0.137. The van der Waals surface area contributed by atoms with E-state index in [9.17, 15) is 13.2 Å². The van der Waals surface area contributed by atoms with E-state index in [1.54, 1.807) is 6.07 Å². The lowest BCUT2D eigenvalue weighted by atomic mass is 9.95. The van der Waals surface area contributed by atoms with Crippen molar-refractivity contribution < 1.29 is 13.2 Å². The first-order chi connectivity index (χ1) is 8.93. The van der Waals surface area contributed by atoms with Gasteiger partial charge in [0.05, 0.1) is 5.56 Å². The van der Waals surface area contributed by atoms with Crippen molar-refractivity contribution in [2.45, 2.75) is 19.6 Å². The van der Waals surface area contributed by atoms with Crippen LogP contribution in [0.3, 0.4) is 0 Å². The molecule has 2 N–H and O–H groups in total. The molecule has 0 saturated carbocycles. The maximum atomic E-state index is 12.7. The Labute approximate surface area is 122 Å². The number of hydrogen-bond acceptors (Lipinski definition) is 1. The van der Waals surface area contributed by atoms with Gasteiger partial charge in [-0.3, -0.25) is 0 Å². The summed E-state index contributed by atoms with van der Waals surface area (Å²) < 4.78 is 38.1. The van der Waals surface area contributed by atoms with E-state index >= 15 is 0 Å². The normalized spacial score (nSPS) is 11.1. The Bertz CT molecular complexity index is 594. The zero-order valence-corrected chi connectivity index (χ0v) is 11.7. The molecule has 20 heavy (non-hydrogen) atoms. The summed E-state index contributed by atoms with van der Waals surface area (Å²) in [6, 6.07) is 10.8. The fourth-order valence-corrected chi connectivity index (χ4v) is 2.08. The van der Waals surface area contributed by atoms with Crippen molar-refractivity contribution >= 4 is 12.4 Å². The first-order valence-electron chi connectivity index (χ1n) is 5.89. The van der Waals surface area contributed by atoms with Gasteiger partial charge in [0.25, 0.3) is 0 Å². The maximum Gasteiger partial charge on any atom is 0.416 e. The molecular weight excluding hydrogens is 287 g/mol. The summed E-state index contributed by atoms with van der Waals surface area (Å²) in [5.41, 5.74) is 8.18. The van der Waals surface area contributed by atoms with E-state index in [4.69, 9.17) is 5.73 Å². The van der Waals surface area contributed by atoms with Gasteiger partial charge in [-0.2, -0.15) is 13.2 Å². The second-order valence-electron chi connectivity index (χ2n) is 4.37. The molecule has 1 nitrogen and oxygen atoms in total. The third kappa shape index (κ3) is 3.32. The first kappa shape index (κ1) is 16.5. The minimum absolute atomic E-state index is 0. The Morgan fingerprint density at radius 2 is 1.70 bits per heavy atom. The molecule has 108 valence electrons. The molecule has 0 bridgehead atoms. The van der Waals surface area contributed by atoms with Crippen LogP contribution in [0.15, 0.2) is 42.5 Å². The highest BCUT2D eigenvalue weighted by Crippen LogP contribution is 2.33. The van der Waals surface area contributed by atoms with Crippen LogP contribution in [0.25, 0.3) is 11.1 Å². The molecule has 5 heteroatoms. The lowest BCUT2D eigenvalue weighted by Crippen LogP contribution is -2.05. The van der Waals surface area contributed by atoms with Crippen LogP contribution in [-0.2, 0) is 12.7 Å². The molecule has 0 amide bonds. The Morgan fingerprint density at radius 3 is 2.30 bits per heavy atom. The molecule has 0 aliphatic rings. The third-order valence-corrected chi connectivity index (χ3v) is 3.17. The SMILES string of the molecule is Cc1c(CN)cccc1-c1cccc(C(F)(F)F)c1.Cl. The van der Waals surface area contributed by atoms with Crippen molar-refractivity contribution in [3.05, 3.63) is 59.2 Å². The summed E-state index contributed by atoms with van der Waals surface area (Å²) in [4.78, 5) is 0. The van der Waals surface area contributed by atoms with Gasteiger partial charge >= 0.3 is 6.18 Å². The summed E-state index contributed by atoms with van der Waals surface area (Å²) in [6.07, 6.45) is -4.32. The van der Waals surface area contributed by atoms with Crippen LogP contribution in [0.4, 0.5) is 13.2 Å². The molecule has 2 rings (SSSR count). The Morgan fingerprint density at radius 1 is 1.05 bits per heavy atom. The van der Waals surface area contributed by atoms with Gasteiger partial charge in [-0.05, 0) is 41.3 Å². The van der Waals surface area contributed by atoms with Gasteiger partial charge < -0.3 is 5.73 Å². The largest absolute Gasteiger partial charge is 0.416 e. The van der Waals surface area contributed by atoms with E-state index in [2.05, 4.69) is 0 Å². The molecule has 0 saturated heterocycles. The molecule has 0 fully saturated rings. The van der Waals surface area contributed by atoms with Crippen LogP contribution in [0.2, 0.25) is 0 Å². The molecule has 0 heterocycles. The molecular formula is C15H15ClF3N. The second kappa shape index (κ2) is 6.29. The monoisotopic (exact) mass is 301 g/mol. The number of alkyl halides is 3. The average Bonchev–Trinajstić information content (AvgIpc) is 2.38. The number of halogens is 4. The smallest absolute Gasteiger partial charge is 0.326 e.